The molecule has 0 spiro atoms. The number of fused-ring (bicyclic) bond motifs is 4. The lowest BCUT2D eigenvalue weighted by Crippen LogP contribution is -2.54. The standard InChI is InChI=1S/C28H28F3N5S/c1-16-19(6-5-18-7-17(13-32)8-24(16)18)14-36-21-3-2-4-22(36)10-20(9-21)35-26-25-11-23(12-28(29,30)31)37-27(25)34-15-33-26/h5-6,8,11,15,20-22H,2-4,7,9-10,12,14H2,1H3,(H,33,34,35). The molecule has 3 aliphatic rings. The van der Waals surface area contributed by atoms with E-state index >= 15 is 0 Å². The number of nitrogens with zero attached hydrogens (tertiary/aromatic N) is 4. The highest BCUT2D eigenvalue weighted by Crippen LogP contribution is 2.39. The second-order valence-electron chi connectivity index (χ2n) is 10.5. The maximum absolute atomic E-state index is 12.9. The number of alkyl halides is 3. The van der Waals surface area contributed by atoms with E-state index < -0.39 is 12.6 Å². The molecule has 192 valence electrons. The highest BCUT2D eigenvalue weighted by Gasteiger charge is 2.39. The van der Waals surface area contributed by atoms with Crippen molar-refractivity contribution in [1.29, 1.82) is 5.26 Å². The van der Waals surface area contributed by atoms with Gasteiger partial charge in [0.1, 0.15) is 17.0 Å². The van der Waals surface area contributed by atoms with Crippen molar-refractivity contribution in [2.24, 2.45) is 0 Å². The quantitative estimate of drug-likeness (QED) is 0.410. The van der Waals surface area contributed by atoms with Crippen LogP contribution < -0.4 is 5.32 Å². The number of anilines is 1. The van der Waals surface area contributed by atoms with Crippen LogP contribution in [0.4, 0.5) is 19.0 Å². The largest absolute Gasteiger partial charge is 0.393 e. The third-order valence-electron chi connectivity index (χ3n) is 8.14. The normalized spacial score (nSPS) is 23.5. The molecule has 0 saturated carbocycles. The Morgan fingerprint density at radius 3 is 2.70 bits per heavy atom. The van der Waals surface area contributed by atoms with E-state index in [1.807, 2.05) is 6.08 Å². The molecule has 2 aliphatic heterocycles. The van der Waals surface area contributed by atoms with Gasteiger partial charge in [0, 0.05) is 41.5 Å². The Morgan fingerprint density at radius 1 is 1.19 bits per heavy atom. The van der Waals surface area contributed by atoms with Crippen molar-refractivity contribution in [2.75, 3.05) is 5.32 Å². The third kappa shape index (κ3) is 4.85. The summed E-state index contributed by atoms with van der Waals surface area (Å²) in [6, 6.07) is 9.42. The van der Waals surface area contributed by atoms with E-state index in [0.717, 1.165) is 55.6 Å². The lowest BCUT2D eigenvalue weighted by atomic mass is 9.81. The summed E-state index contributed by atoms with van der Waals surface area (Å²) in [7, 11) is 0. The molecule has 1 aliphatic carbocycles. The highest BCUT2D eigenvalue weighted by atomic mass is 32.1. The molecule has 37 heavy (non-hydrogen) atoms. The summed E-state index contributed by atoms with van der Waals surface area (Å²) >= 11 is 1.09. The Morgan fingerprint density at radius 2 is 1.97 bits per heavy atom. The summed E-state index contributed by atoms with van der Waals surface area (Å²) in [5.74, 6) is 0.640. The zero-order chi connectivity index (χ0) is 25.7. The summed E-state index contributed by atoms with van der Waals surface area (Å²) in [5, 5.41) is 13.6. The number of thiophene rings is 1. The van der Waals surface area contributed by atoms with Gasteiger partial charge in [0.2, 0.25) is 0 Å². The Bertz CT molecular complexity index is 1410. The minimum Gasteiger partial charge on any atom is -0.367 e. The summed E-state index contributed by atoms with van der Waals surface area (Å²) in [6.07, 6.45) is 4.49. The number of benzene rings is 1. The van der Waals surface area contributed by atoms with Crippen LogP contribution in [0.1, 0.15) is 59.2 Å². The molecule has 2 aromatic heterocycles. The van der Waals surface area contributed by atoms with Crippen molar-refractivity contribution in [3.05, 3.63) is 57.2 Å². The van der Waals surface area contributed by atoms with E-state index in [4.69, 9.17) is 0 Å². The van der Waals surface area contributed by atoms with Gasteiger partial charge in [0.25, 0.3) is 0 Å². The summed E-state index contributed by atoms with van der Waals surface area (Å²) in [5.41, 5.74) is 5.88. The highest BCUT2D eigenvalue weighted by molar-refractivity contribution is 7.18. The van der Waals surface area contributed by atoms with Gasteiger partial charge in [-0.3, -0.25) is 4.90 Å². The first kappa shape index (κ1) is 24.4. The van der Waals surface area contributed by atoms with E-state index in [0.29, 0.717) is 28.1 Å². The molecule has 6 rings (SSSR count). The van der Waals surface area contributed by atoms with E-state index in [2.05, 4.69) is 45.3 Å². The number of halogens is 3. The monoisotopic (exact) mass is 523 g/mol. The zero-order valence-corrected chi connectivity index (χ0v) is 21.4. The fourth-order valence-corrected chi connectivity index (χ4v) is 7.43. The Kier molecular flexibility index (Phi) is 6.20. The number of hydrogen-bond donors (Lipinski definition) is 1. The molecule has 2 bridgehead atoms. The fraction of sp³-hybridized carbons (Fsp3) is 0.464. The summed E-state index contributed by atoms with van der Waals surface area (Å²) < 4.78 is 38.8. The SMILES string of the molecule is Cc1c(CN2C3CCCC2CC(Nc2ncnc4sc(CC(F)(F)F)cc24)C3)ccc2c1C=C(C#N)C2. The van der Waals surface area contributed by atoms with Crippen molar-refractivity contribution in [1.82, 2.24) is 14.9 Å². The first-order chi connectivity index (χ1) is 17.8. The van der Waals surface area contributed by atoms with Gasteiger partial charge >= 0.3 is 6.18 Å². The van der Waals surface area contributed by atoms with E-state index in [1.165, 1.54) is 35.0 Å². The van der Waals surface area contributed by atoms with Gasteiger partial charge in [-0.15, -0.1) is 11.3 Å². The predicted octanol–water partition coefficient (Wildman–Crippen LogP) is 6.57. The van der Waals surface area contributed by atoms with Crippen LogP contribution in [0, 0.1) is 18.3 Å². The van der Waals surface area contributed by atoms with Crippen LogP contribution in [-0.4, -0.2) is 39.2 Å². The number of nitriles is 1. The molecular weight excluding hydrogens is 495 g/mol. The minimum absolute atomic E-state index is 0.220. The fourth-order valence-electron chi connectivity index (χ4n) is 6.41. The average Bonchev–Trinajstić information content (AvgIpc) is 3.44. The van der Waals surface area contributed by atoms with Gasteiger partial charge in [-0.25, -0.2) is 9.97 Å². The van der Waals surface area contributed by atoms with E-state index in [9.17, 15) is 18.4 Å². The molecular formula is C28H28F3N5S. The molecule has 2 fully saturated rings. The second-order valence-corrected chi connectivity index (χ2v) is 11.7. The topological polar surface area (TPSA) is 64.8 Å². The Labute approximate surface area is 218 Å². The number of allylic oxidation sites excluding steroid dienone is 1. The molecule has 3 aromatic rings. The van der Waals surface area contributed by atoms with Gasteiger partial charge in [-0.2, -0.15) is 18.4 Å². The van der Waals surface area contributed by atoms with Gasteiger partial charge < -0.3 is 5.32 Å². The Hall–Kier alpha value is -2.96. The third-order valence-corrected chi connectivity index (χ3v) is 9.18. The van der Waals surface area contributed by atoms with Crippen molar-refractivity contribution >= 4 is 33.4 Å². The van der Waals surface area contributed by atoms with Crippen LogP contribution in [0.3, 0.4) is 0 Å². The number of piperidine rings is 2. The van der Waals surface area contributed by atoms with E-state index in [1.54, 1.807) is 6.07 Å². The predicted molar refractivity (Wildman–Crippen MR) is 139 cm³/mol. The summed E-state index contributed by atoms with van der Waals surface area (Å²) in [4.78, 5) is 12.1. The molecule has 9 heteroatoms. The number of rotatable bonds is 5. The number of nitrogens with one attached hydrogen (secondary N) is 1. The van der Waals surface area contributed by atoms with Gasteiger partial charge in [0.05, 0.1) is 17.9 Å². The molecule has 0 amide bonds. The van der Waals surface area contributed by atoms with Crippen molar-refractivity contribution in [3.63, 3.8) is 0 Å². The van der Waals surface area contributed by atoms with Crippen LogP contribution in [0.15, 0.2) is 30.1 Å². The van der Waals surface area contributed by atoms with Crippen molar-refractivity contribution < 1.29 is 13.2 Å². The van der Waals surface area contributed by atoms with Gasteiger partial charge in [-0.1, -0.05) is 18.6 Å². The summed E-state index contributed by atoms with van der Waals surface area (Å²) in [6.45, 7) is 3.07. The second kappa shape index (κ2) is 9.41. The van der Waals surface area contributed by atoms with Crippen LogP contribution in [0.25, 0.3) is 16.3 Å². The molecule has 2 saturated heterocycles. The Balaban J connectivity index is 1.19. The smallest absolute Gasteiger partial charge is 0.367 e. The van der Waals surface area contributed by atoms with E-state index in [-0.39, 0.29) is 10.9 Å². The van der Waals surface area contributed by atoms with Crippen LogP contribution in [-0.2, 0) is 19.4 Å². The molecule has 2 unspecified atom stereocenters. The minimum atomic E-state index is -4.24. The molecule has 0 radical (unpaired) electrons. The van der Waals surface area contributed by atoms with Crippen LogP contribution in [0.2, 0.25) is 0 Å². The first-order valence-corrected chi connectivity index (χ1v) is 13.6. The molecule has 5 nitrogen and oxygen atoms in total. The zero-order valence-electron chi connectivity index (χ0n) is 20.6. The lowest BCUT2D eigenvalue weighted by molar-refractivity contribution is -0.126. The van der Waals surface area contributed by atoms with Crippen molar-refractivity contribution in [3.8, 4) is 6.07 Å². The first-order valence-electron chi connectivity index (χ1n) is 12.8. The maximum atomic E-state index is 12.9. The average molecular weight is 524 g/mol. The van der Waals surface area contributed by atoms with Crippen LogP contribution in [0.5, 0.6) is 0 Å². The van der Waals surface area contributed by atoms with Gasteiger partial charge in [-0.05, 0) is 67.0 Å². The van der Waals surface area contributed by atoms with Crippen molar-refractivity contribution in [2.45, 2.75) is 82.7 Å². The van der Waals surface area contributed by atoms with Gasteiger partial charge in [0.15, 0.2) is 0 Å². The maximum Gasteiger partial charge on any atom is 0.393 e. The lowest BCUT2D eigenvalue weighted by Gasteiger charge is -2.49. The molecule has 2 atom stereocenters. The molecule has 1 aromatic carbocycles. The molecule has 1 N–H and O–H groups in total. The number of aromatic nitrogens is 2. The van der Waals surface area contributed by atoms with Crippen LogP contribution >= 0.6 is 11.3 Å². The number of hydrogen-bond acceptors (Lipinski definition) is 6. The molecule has 4 heterocycles.